The van der Waals surface area contributed by atoms with Crippen molar-refractivity contribution < 1.29 is 19.4 Å². The fourth-order valence-electron chi connectivity index (χ4n) is 1.92. The Kier molecular flexibility index (Phi) is 4.94. The lowest BCUT2D eigenvalue weighted by Gasteiger charge is -2.23. The first-order valence-corrected chi connectivity index (χ1v) is 7.21. The van der Waals surface area contributed by atoms with Crippen molar-refractivity contribution in [3.8, 4) is 5.75 Å². The van der Waals surface area contributed by atoms with Crippen LogP contribution in [-0.2, 0) is 4.79 Å². The summed E-state index contributed by atoms with van der Waals surface area (Å²) in [5.41, 5.74) is 0.569. The number of para-hydroxylation sites is 2. The van der Waals surface area contributed by atoms with Crippen molar-refractivity contribution >= 4 is 28.9 Å². The highest BCUT2D eigenvalue weighted by Crippen LogP contribution is 2.29. The van der Waals surface area contributed by atoms with E-state index in [9.17, 15) is 9.59 Å². The van der Waals surface area contributed by atoms with Crippen molar-refractivity contribution in [1.82, 2.24) is 0 Å². The minimum Gasteiger partial charge on any atom is -0.495 e. The number of rotatable bonds is 6. The molecule has 0 bridgehead atoms. The van der Waals surface area contributed by atoms with Gasteiger partial charge < -0.3 is 14.7 Å². The Morgan fingerprint density at radius 1 is 1.24 bits per heavy atom. The number of ether oxygens (including phenoxy) is 1. The monoisotopic (exact) mass is 305 g/mol. The van der Waals surface area contributed by atoms with Crippen molar-refractivity contribution in [1.29, 1.82) is 0 Å². The van der Waals surface area contributed by atoms with Crippen LogP contribution in [0.2, 0.25) is 0 Å². The molecular formula is C15H15NO4S. The Morgan fingerprint density at radius 3 is 2.62 bits per heavy atom. The molecule has 0 radical (unpaired) electrons. The number of nitrogens with zero attached hydrogens (tertiary/aromatic N) is 1. The molecule has 1 heterocycles. The Hall–Kier alpha value is -2.34. The van der Waals surface area contributed by atoms with Gasteiger partial charge in [-0.1, -0.05) is 18.2 Å². The first-order valence-electron chi connectivity index (χ1n) is 6.33. The largest absolute Gasteiger partial charge is 0.495 e. The van der Waals surface area contributed by atoms with Crippen molar-refractivity contribution in [2.45, 2.75) is 6.42 Å². The Bertz CT molecular complexity index is 624. The van der Waals surface area contributed by atoms with E-state index in [1.807, 2.05) is 5.38 Å². The normalized spacial score (nSPS) is 10.1. The number of carbonyl (C=O) groups is 2. The second-order valence-corrected chi connectivity index (χ2v) is 5.20. The maximum absolute atomic E-state index is 12.6. The highest BCUT2D eigenvalue weighted by molar-refractivity contribution is 7.12. The third-order valence-electron chi connectivity index (χ3n) is 2.90. The number of benzene rings is 1. The Labute approximate surface area is 126 Å². The van der Waals surface area contributed by atoms with Gasteiger partial charge in [-0.25, -0.2) is 0 Å². The Balaban J connectivity index is 2.35. The predicted molar refractivity (Wildman–Crippen MR) is 81.2 cm³/mol. The number of carbonyl (C=O) groups excluding carboxylic acids is 1. The summed E-state index contributed by atoms with van der Waals surface area (Å²) in [6.07, 6.45) is -0.130. The fraction of sp³-hybridized carbons (Fsp3) is 0.200. The maximum atomic E-state index is 12.6. The third kappa shape index (κ3) is 3.61. The van der Waals surface area contributed by atoms with Crippen LogP contribution in [0.25, 0.3) is 0 Å². The van der Waals surface area contributed by atoms with E-state index in [0.717, 1.165) is 0 Å². The molecule has 1 aromatic carbocycles. The summed E-state index contributed by atoms with van der Waals surface area (Å²) in [5, 5.41) is 10.7. The molecule has 0 saturated heterocycles. The van der Waals surface area contributed by atoms with Gasteiger partial charge in [-0.15, -0.1) is 11.3 Å². The van der Waals surface area contributed by atoms with Crippen LogP contribution in [0.1, 0.15) is 16.1 Å². The second-order valence-electron chi connectivity index (χ2n) is 4.25. The highest BCUT2D eigenvalue weighted by Gasteiger charge is 2.22. The summed E-state index contributed by atoms with van der Waals surface area (Å²) < 4.78 is 5.26. The zero-order valence-electron chi connectivity index (χ0n) is 11.5. The van der Waals surface area contributed by atoms with Crippen LogP contribution in [0.5, 0.6) is 5.75 Å². The summed E-state index contributed by atoms with van der Waals surface area (Å²) in [7, 11) is 1.52. The van der Waals surface area contributed by atoms with Crippen molar-refractivity contribution in [3.63, 3.8) is 0 Å². The molecule has 1 aromatic heterocycles. The van der Waals surface area contributed by atoms with E-state index >= 15 is 0 Å². The number of amides is 1. The molecule has 2 rings (SSSR count). The van der Waals surface area contributed by atoms with Gasteiger partial charge in [0.05, 0.1) is 24.1 Å². The first kappa shape index (κ1) is 15.1. The van der Waals surface area contributed by atoms with E-state index in [-0.39, 0.29) is 18.9 Å². The molecule has 1 N–H and O–H groups in total. The number of carboxylic acids is 1. The molecule has 21 heavy (non-hydrogen) atoms. The van der Waals surface area contributed by atoms with Crippen LogP contribution in [0.4, 0.5) is 5.69 Å². The number of thiophene rings is 1. The number of carboxylic acid groups (broad SMARTS) is 1. The van der Waals surface area contributed by atoms with Gasteiger partial charge in [-0.3, -0.25) is 9.59 Å². The van der Waals surface area contributed by atoms with E-state index in [0.29, 0.717) is 16.3 Å². The van der Waals surface area contributed by atoms with Crippen molar-refractivity contribution in [3.05, 3.63) is 46.7 Å². The second kappa shape index (κ2) is 6.90. The van der Waals surface area contributed by atoms with E-state index in [1.165, 1.54) is 23.3 Å². The molecule has 2 aromatic rings. The van der Waals surface area contributed by atoms with Gasteiger partial charge in [0.25, 0.3) is 5.91 Å². The van der Waals surface area contributed by atoms with E-state index in [1.54, 1.807) is 36.4 Å². The number of hydrogen-bond donors (Lipinski definition) is 1. The maximum Gasteiger partial charge on any atom is 0.305 e. The van der Waals surface area contributed by atoms with Crippen molar-refractivity contribution in [2.24, 2.45) is 0 Å². The smallest absolute Gasteiger partial charge is 0.305 e. The van der Waals surface area contributed by atoms with Crippen LogP contribution in [-0.4, -0.2) is 30.6 Å². The van der Waals surface area contributed by atoms with Gasteiger partial charge in [0.1, 0.15) is 5.75 Å². The van der Waals surface area contributed by atoms with E-state index < -0.39 is 5.97 Å². The molecule has 1 amide bonds. The summed E-state index contributed by atoms with van der Waals surface area (Å²) in [4.78, 5) is 25.4. The fourth-order valence-corrected chi connectivity index (χ4v) is 2.60. The van der Waals surface area contributed by atoms with Crippen LogP contribution in [0, 0.1) is 0 Å². The topological polar surface area (TPSA) is 66.8 Å². The average Bonchev–Trinajstić information content (AvgIpc) is 3.01. The summed E-state index contributed by atoms with van der Waals surface area (Å²) >= 11 is 1.32. The van der Waals surface area contributed by atoms with Gasteiger partial charge in [-0.2, -0.15) is 0 Å². The number of aliphatic carboxylic acids is 1. The SMILES string of the molecule is COc1ccccc1N(CCC(=O)O)C(=O)c1cccs1. The summed E-state index contributed by atoms with van der Waals surface area (Å²) in [5.74, 6) is -0.641. The van der Waals surface area contributed by atoms with Gasteiger partial charge in [0, 0.05) is 6.54 Å². The molecular weight excluding hydrogens is 290 g/mol. The standard InChI is InChI=1S/C15H15NO4S/c1-20-12-6-3-2-5-11(12)16(9-8-14(17)18)15(19)13-7-4-10-21-13/h2-7,10H,8-9H2,1H3,(H,17,18). The molecule has 0 saturated carbocycles. The average molecular weight is 305 g/mol. The lowest BCUT2D eigenvalue weighted by molar-refractivity contribution is -0.136. The van der Waals surface area contributed by atoms with Gasteiger partial charge in [-0.05, 0) is 23.6 Å². The molecule has 0 spiro atoms. The summed E-state index contributed by atoms with van der Waals surface area (Å²) in [6.45, 7) is 0.0897. The number of methoxy groups -OCH3 is 1. The van der Waals surface area contributed by atoms with Crippen LogP contribution in [0.15, 0.2) is 41.8 Å². The Morgan fingerprint density at radius 2 is 2.00 bits per heavy atom. The molecule has 0 fully saturated rings. The van der Waals surface area contributed by atoms with Crippen LogP contribution in [0.3, 0.4) is 0 Å². The number of anilines is 1. The molecule has 0 aliphatic carbocycles. The molecule has 6 heteroatoms. The first-order chi connectivity index (χ1) is 10.1. The highest BCUT2D eigenvalue weighted by atomic mass is 32.1. The van der Waals surface area contributed by atoms with Crippen LogP contribution < -0.4 is 9.64 Å². The van der Waals surface area contributed by atoms with Gasteiger partial charge >= 0.3 is 5.97 Å². The molecule has 0 atom stereocenters. The van der Waals surface area contributed by atoms with E-state index in [4.69, 9.17) is 9.84 Å². The molecule has 110 valence electrons. The van der Waals surface area contributed by atoms with Gasteiger partial charge in [0.15, 0.2) is 0 Å². The zero-order chi connectivity index (χ0) is 15.2. The molecule has 0 aliphatic heterocycles. The predicted octanol–water partition coefficient (Wildman–Crippen LogP) is 2.88. The van der Waals surface area contributed by atoms with Crippen LogP contribution >= 0.6 is 11.3 Å². The molecule has 0 unspecified atom stereocenters. The minimum absolute atomic E-state index is 0.0897. The number of hydrogen-bond acceptors (Lipinski definition) is 4. The third-order valence-corrected chi connectivity index (χ3v) is 3.76. The lowest BCUT2D eigenvalue weighted by Crippen LogP contribution is -2.32. The molecule has 0 aliphatic rings. The lowest BCUT2D eigenvalue weighted by atomic mass is 10.2. The molecule has 5 nitrogen and oxygen atoms in total. The van der Waals surface area contributed by atoms with Gasteiger partial charge in [0.2, 0.25) is 0 Å². The summed E-state index contributed by atoms with van der Waals surface area (Å²) in [6, 6.07) is 10.6. The zero-order valence-corrected chi connectivity index (χ0v) is 12.3. The van der Waals surface area contributed by atoms with Crippen molar-refractivity contribution in [2.75, 3.05) is 18.6 Å². The minimum atomic E-state index is -0.950. The van der Waals surface area contributed by atoms with E-state index in [2.05, 4.69) is 0 Å². The quantitative estimate of drug-likeness (QED) is 0.891.